The van der Waals surface area contributed by atoms with Crippen molar-refractivity contribution < 1.29 is 9.84 Å². The molecule has 1 atom stereocenters. The molecule has 0 amide bonds. The predicted octanol–water partition coefficient (Wildman–Crippen LogP) is 3.49. The van der Waals surface area contributed by atoms with E-state index in [1.807, 2.05) is 42.5 Å². The Bertz CT molecular complexity index is 626. The minimum atomic E-state index is -0.899. The Morgan fingerprint density at radius 1 is 1.00 bits per heavy atom. The summed E-state index contributed by atoms with van der Waals surface area (Å²) in [6.45, 7) is 4.27. The van der Waals surface area contributed by atoms with Crippen LogP contribution in [-0.2, 0) is 16.8 Å². The van der Waals surface area contributed by atoms with Gasteiger partial charge in [0.25, 0.3) is 0 Å². The van der Waals surface area contributed by atoms with Gasteiger partial charge in [-0.25, -0.2) is 0 Å². The van der Waals surface area contributed by atoms with E-state index in [4.69, 9.17) is 16.3 Å². The number of hydrogen-bond donors (Lipinski definition) is 1. The molecule has 1 aliphatic rings. The molecule has 0 bridgehead atoms. The molecule has 1 unspecified atom stereocenters. The molecular formula is C20H24ClNO2. The smallest absolute Gasteiger partial charge is 0.0948 e. The van der Waals surface area contributed by atoms with Gasteiger partial charge in [-0.05, 0) is 29.7 Å². The Balaban J connectivity index is 1.77. The van der Waals surface area contributed by atoms with Crippen molar-refractivity contribution in [2.75, 3.05) is 32.8 Å². The molecule has 3 rings (SSSR count). The van der Waals surface area contributed by atoms with Crippen LogP contribution in [0.25, 0.3) is 0 Å². The lowest BCUT2D eigenvalue weighted by molar-refractivity contribution is -0.00451. The van der Waals surface area contributed by atoms with Crippen LogP contribution >= 0.6 is 11.6 Å². The minimum absolute atomic E-state index is 0.597. The van der Waals surface area contributed by atoms with Gasteiger partial charge in [-0.15, -0.1) is 0 Å². The maximum Gasteiger partial charge on any atom is 0.0948 e. The van der Waals surface area contributed by atoms with Crippen LogP contribution in [0.3, 0.4) is 0 Å². The van der Waals surface area contributed by atoms with Crippen LogP contribution in [0.1, 0.15) is 17.5 Å². The molecule has 1 saturated heterocycles. The molecule has 128 valence electrons. The van der Waals surface area contributed by atoms with Gasteiger partial charge in [0, 0.05) is 31.1 Å². The second-order valence-electron chi connectivity index (χ2n) is 6.40. The summed E-state index contributed by atoms with van der Waals surface area (Å²) in [4.78, 5) is 2.36. The van der Waals surface area contributed by atoms with E-state index in [9.17, 15) is 5.11 Å². The second-order valence-corrected chi connectivity index (χ2v) is 6.84. The van der Waals surface area contributed by atoms with Gasteiger partial charge < -0.3 is 9.84 Å². The van der Waals surface area contributed by atoms with Crippen LogP contribution in [0.15, 0.2) is 54.6 Å². The first-order chi connectivity index (χ1) is 11.7. The van der Waals surface area contributed by atoms with Gasteiger partial charge in [0.1, 0.15) is 0 Å². The standard InChI is InChI=1S/C20H24ClNO2/c21-19-8-6-18(7-9-19)20(23,16-17-4-2-1-3-5-17)10-11-22-12-14-24-15-13-22/h1-9,23H,10-16H2. The normalized spacial score (nSPS) is 18.2. The summed E-state index contributed by atoms with van der Waals surface area (Å²) in [5.41, 5.74) is 1.16. The number of ether oxygens (including phenoxy) is 1. The average molecular weight is 346 g/mol. The van der Waals surface area contributed by atoms with Crippen LogP contribution in [0.5, 0.6) is 0 Å². The van der Waals surface area contributed by atoms with Gasteiger partial charge in [0.15, 0.2) is 0 Å². The molecule has 1 fully saturated rings. The Labute approximate surface area is 148 Å². The number of nitrogens with zero attached hydrogens (tertiary/aromatic N) is 1. The maximum absolute atomic E-state index is 11.5. The van der Waals surface area contributed by atoms with Gasteiger partial charge in [-0.2, -0.15) is 0 Å². The molecule has 0 radical (unpaired) electrons. The van der Waals surface area contributed by atoms with E-state index >= 15 is 0 Å². The van der Waals surface area contributed by atoms with Crippen LogP contribution in [0.2, 0.25) is 5.02 Å². The number of hydrogen-bond acceptors (Lipinski definition) is 3. The van der Waals surface area contributed by atoms with Crippen molar-refractivity contribution >= 4 is 11.6 Å². The van der Waals surface area contributed by atoms with Gasteiger partial charge in [0.05, 0.1) is 18.8 Å². The van der Waals surface area contributed by atoms with Crippen LogP contribution in [0.4, 0.5) is 0 Å². The Hall–Kier alpha value is -1.39. The van der Waals surface area contributed by atoms with E-state index in [2.05, 4.69) is 17.0 Å². The molecule has 4 heteroatoms. The van der Waals surface area contributed by atoms with Crippen molar-refractivity contribution in [2.45, 2.75) is 18.4 Å². The first-order valence-electron chi connectivity index (χ1n) is 8.48. The van der Waals surface area contributed by atoms with Crippen LogP contribution in [0, 0.1) is 0 Å². The number of aliphatic hydroxyl groups is 1. The summed E-state index contributed by atoms with van der Waals surface area (Å²) >= 11 is 6.02. The van der Waals surface area contributed by atoms with E-state index in [0.29, 0.717) is 17.9 Å². The molecule has 1 heterocycles. The summed E-state index contributed by atoms with van der Waals surface area (Å²) in [6.07, 6.45) is 1.28. The monoisotopic (exact) mass is 345 g/mol. The van der Waals surface area contributed by atoms with Crippen molar-refractivity contribution in [1.82, 2.24) is 4.90 Å². The van der Waals surface area contributed by atoms with Crippen molar-refractivity contribution in [3.63, 3.8) is 0 Å². The quantitative estimate of drug-likeness (QED) is 0.869. The lowest BCUT2D eigenvalue weighted by atomic mass is 9.84. The number of benzene rings is 2. The lowest BCUT2D eigenvalue weighted by Crippen LogP contribution is -2.40. The van der Waals surface area contributed by atoms with E-state index < -0.39 is 5.60 Å². The highest BCUT2D eigenvalue weighted by molar-refractivity contribution is 6.30. The first-order valence-corrected chi connectivity index (χ1v) is 8.86. The summed E-state index contributed by atoms with van der Waals surface area (Å²) < 4.78 is 5.41. The predicted molar refractivity (Wildman–Crippen MR) is 97.4 cm³/mol. The molecule has 1 N–H and O–H groups in total. The molecule has 3 nitrogen and oxygen atoms in total. The highest BCUT2D eigenvalue weighted by atomic mass is 35.5. The number of morpholine rings is 1. The Kier molecular flexibility index (Phi) is 5.90. The molecule has 2 aromatic rings. The summed E-state index contributed by atoms with van der Waals surface area (Å²) in [5, 5.41) is 12.1. The zero-order chi connectivity index (χ0) is 16.8. The lowest BCUT2D eigenvalue weighted by Gasteiger charge is -2.33. The average Bonchev–Trinajstić information content (AvgIpc) is 2.62. The van der Waals surface area contributed by atoms with E-state index in [-0.39, 0.29) is 0 Å². The van der Waals surface area contributed by atoms with Crippen LogP contribution in [-0.4, -0.2) is 42.9 Å². The van der Waals surface area contributed by atoms with Gasteiger partial charge >= 0.3 is 0 Å². The summed E-state index contributed by atoms with van der Waals surface area (Å²) in [5.74, 6) is 0. The molecule has 0 saturated carbocycles. The molecule has 0 aliphatic carbocycles. The third kappa shape index (κ3) is 4.58. The Morgan fingerprint density at radius 3 is 2.33 bits per heavy atom. The summed E-state index contributed by atoms with van der Waals surface area (Å²) in [6, 6.07) is 17.7. The third-order valence-electron chi connectivity index (χ3n) is 4.67. The van der Waals surface area contributed by atoms with Crippen LogP contribution < -0.4 is 0 Å². The van der Waals surface area contributed by atoms with Crippen molar-refractivity contribution in [3.8, 4) is 0 Å². The molecule has 24 heavy (non-hydrogen) atoms. The number of halogens is 1. The van der Waals surface area contributed by atoms with Gasteiger partial charge in [-0.1, -0.05) is 54.1 Å². The fourth-order valence-electron chi connectivity index (χ4n) is 3.20. The molecule has 2 aromatic carbocycles. The molecule has 1 aliphatic heterocycles. The minimum Gasteiger partial charge on any atom is -0.385 e. The van der Waals surface area contributed by atoms with E-state index in [1.165, 1.54) is 0 Å². The van der Waals surface area contributed by atoms with Gasteiger partial charge in [0.2, 0.25) is 0 Å². The topological polar surface area (TPSA) is 32.7 Å². The van der Waals surface area contributed by atoms with E-state index in [0.717, 1.165) is 44.0 Å². The van der Waals surface area contributed by atoms with Crippen molar-refractivity contribution in [3.05, 3.63) is 70.7 Å². The zero-order valence-corrected chi connectivity index (χ0v) is 14.6. The zero-order valence-electron chi connectivity index (χ0n) is 13.8. The summed E-state index contributed by atoms with van der Waals surface area (Å²) in [7, 11) is 0. The fraction of sp³-hybridized carbons (Fsp3) is 0.400. The van der Waals surface area contributed by atoms with Crippen molar-refractivity contribution in [1.29, 1.82) is 0 Å². The largest absolute Gasteiger partial charge is 0.385 e. The second kappa shape index (κ2) is 8.13. The van der Waals surface area contributed by atoms with E-state index in [1.54, 1.807) is 0 Å². The Morgan fingerprint density at radius 2 is 1.67 bits per heavy atom. The SMILES string of the molecule is OC(CCN1CCOCC1)(Cc1ccccc1)c1ccc(Cl)cc1. The molecule has 0 aromatic heterocycles. The number of rotatable bonds is 6. The highest BCUT2D eigenvalue weighted by Gasteiger charge is 2.30. The first kappa shape index (κ1) is 17.4. The molecular weight excluding hydrogens is 322 g/mol. The highest BCUT2D eigenvalue weighted by Crippen LogP contribution is 2.31. The maximum atomic E-state index is 11.5. The van der Waals surface area contributed by atoms with Gasteiger partial charge in [-0.3, -0.25) is 4.90 Å². The fourth-order valence-corrected chi connectivity index (χ4v) is 3.32. The van der Waals surface area contributed by atoms with Crippen molar-refractivity contribution in [2.24, 2.45) is 0 Å². The third-order valence-corrected chi connectivity index (χ3v) is 4.92. The molecule has 0 spiro atoms.